The van der Waals surface area contributed by atoms with E-state index in [1.165, 1.54) is 22.2 Å². The molecule has 0 spiro atoms. The number of hydrogen-bond acceptors (Lipinski definition) is 3. The zero-order valence-corrected chi connectivity index (χ0v) is 14.3. The Bertz CT molecular complexity index is 617. The van der Waals surface area contributed by atoms with Crippen LogP contribution in [0, 0.1) is 6.92 Å². The number of hydrogen-bond donors (Lipinski definition) is 2. The molecule has 1 aliphatic rings. The maximum atomic E-state index is 4.44. The van der Waals surface area contributed by atoms with Gasteiger partial charge in [-0.05, 0) is 25.0 Å². The Labute approximate surface area is 136 Å². The molecule has 2 aromatic rings. The first-order chi connectivity index (χ1) is 9.25. The second-order valence-electron chi connectivity index (χ2n) is 5.08. The Balaban J connectivity index is 0.00000147. The molecule has 108 valence electrons. The molecule has 20 heavy (non-hydrogen) atoms. The predicted molar refractivity (Wildman–Crippen MR) is 95.1 cm³/mol. The average molecular weight is 384 g/mol. The van der Waals surface area contributed by atoms with E-state index in [1.54, 1.807) is 0 Å². The highest BCUT2D eigenvalue weighted by Crippen LogP contribution is 2.21. The smallest absolute Gasteiger partial charge is 0.193 e. The van der Waals surface area contributed by atoms with Crippen molar-refractivity contribution >= 4 is 40.8 Å². The van der Waals surface area contributed by atoms with E-state index in [-0.39, 0.29) is 24.0 Å². The summed E-state index contributed by atoms with van der Waals surface area (Å²) < 4.78 is 0. The number of aromatic amines is 1. The number of nitrogens with one attached hydrogen (secondary N) is 2. The number of aromatic nitrogens is 1. The number of halogens is 1. The van der Waals surface area contributed by atoms with Crippen molar-refractivity contribution < 1.29 is 0 Å². The number of aliphatic imine (C=N–C) groups is 1. The molecular formula is C15H21IN4. The minimum Gasteiger partial charge on any atom is -0.358 e. The second-order valence-corrected chi connectivity index (χ2v) is 5.08. The maximum Gasteiger partial charge on any atom is 0.193 e. The van der Waals surface area contributed by atoms with E-state index in [4.69, 9.17) is 0 Å². The summed E-state index contributed by atoms with van der Waals surface area (Å²) in [5.41, 5.74) is 3.90. The van der Waals surface area contributed by atoms with Crippen molar-refractivity contribution in [1.82, 2.24) is 15.2 Å². The van der Waals surface area contributed by atoms with E-state index in [9.17, 15) is 0 Å². The number of H-pyrrole nitrogens is 1. The molecule has 0 atom stereocenters. The maximum absolute atomic E-state index is 4.44. The van der Waals surface area contributed by atoms with E-state index in [2.05, 4.69) is 58.4 Å². The molecule has 0 saturated heterocycles. The Morgan fingerprint density at radius 1 is 1.35 bits per heavy atom. The van der Waals surface area contributed by atoms with Crippen molar-refractivity contribution in [3.05, 3.63) is 35.5 Å². The molecule has 0 unspecified atom stereocenters. The third-order valence-electron chi connectivity index (χ3n) is 3.74. The van der Waals surface area contributed by atoms with E-state index in [0.717, 1.165) is 32.0 Å². The summed E-state index contributed by atoms with van der Waals surface area (Å²) in [6, 6.07) is 8.49. The van der Waals surface area contributed by atoms with Crippen LogP contribution in [0.15, 0.2) is 29.3 Å². The fourth-order valence-corrected chi connectivity index (χ4v) is 2.68. The van der Waals surface area contributed by atoms with Crippen LogP contribution in [0.2, 0.25) is 0 Å². The van der Waals surface area contributed by atoms with Gasteiger partial charge in [0.05, 0.1) is 6.54 Å². The summed E-state index contributed by atoms with van der Waals surface area (Å²) in [6.07, 6.45) is 1.02. The molecule has 1 aromatic heterocycles. The highest BCUT2D eigenvalue weighted by molar-refractivity contribution is 14.0. The van der Waals surface area contributed by atoms with Gasteiger partial charge >= 0.3 is 0 Å². The van der Waals surface area contributed by atoms with Gasteiger partial charge in [0, 0.05) is 36.7 Å². The van der Waals surface area contributed by atoms with Gasteiger partial charge in [0.25, 0.3) is 0 Å². The molecule has 1 aromatic carbocycles. The van der Waals surface area contributed by atoms with Crippen molar-refractivity contribution in [2.45, 2.75) is 13.3 Å². The van der Waals surface area contributed by atoms with Gasteiger partial charge < -0.3 is 15.2 Å². The van der Waals surface area contributed by atoms with E-state index in [0.29, 0.717) is 0 Å². The van der Waals surface area contributed by atoms with Gasteiger partial charge in [0.15, 0.2) is 5.96 Å². The number of fused-ring (bicyclic) bond motifs is 1. The molecule has 3 rings (SSSR count). The van der Waals surface area contributed by atoms with Crippen molar-refractivity contribution in [1.29, 1.82) is 0 Å². The third kappa shape index (κ3) is 2.92. The number of para-hydroxylation sites is 1. The van der Waals surface area contributed by atoms with Crippen molar-refractivity contribution in [2.75, 3.05) is 26.7 Å². The predicted octanol–water partition coefficient (Wildman–Crippen LogP) is 2.53. The zero-order valence-electron chi connectivity index (χ0n) is 11.9. The Morgan fingerprint density at radius 3 is 2.90 bits per heavy atom. The molecule has 0 radical (unpaired) electrons. The zero-order chi connectivity index (χ0) is 13.2. The van der Waals surface area contributed by atoms with E-state index in [1.807, 2.05) is 0 Å². The van der Waals surface area contributed by atoms with Crippen LogP contribution >= 0.6 is 24.0 Å². The summed E-state index contributed by atoms with van der Waals surface area (Å²) >= 11 is 0. The molecule has 0 saturated carbocycles. The summed E-state index contributed by atoms with van der Waals surface area (Å²) in [6.45, 7) is 5.00. The van der Waals surface area contributed by atoms with Crippen LogP contribution in [-0.2, 0) is 6.42 Å². The number of nitrogens with zero attached hydrogens (tertiary/aromatic N) is 2. The summed E-state index contributed by atoms with van der Waals surface area (Å²) in [5, 5.41) is 4.76. The Hall–Kier alpha value is -1.24. The molecule has 0 fully saturated rings. The van der Waals surface area contributed by atoms with Crippen LogP contribution in [0.3, 0.4) is 0 Å². The monoisotopic (exact) mass is 384 g/mol. The fourth-order valence-electron chi connectivity index (χ4n) is 2.68. The van der Waals surface area contributed by atoms with Crippen LogP contribution in [0.4, 0.5) is 0 Å². The molecule has 2 N–H and O–H groups in total. The summed E-state index contributed by atoms with van der Waals surface area (Å²) in [4.78, 5) is 10.1. The highest BCUT2D eigenvalue weighted by Gasteiger charge is 2.12. The number of benzene rings is 1. The van der Waals surface area contributed by atoms with Crippen molar-refractivity contribution in [3.8, 4) is 0 Å². The topological polar surface area (TPSA) is 43.4 Å². The molecule has 5 heteroatoms. The largest absolute Gasteiger partial charge is 0.358 e. The minimum absolute atomic E-state index is 0. The van der Waals surface area contributed by atoms with Gasteiger partial charge in [-0.15, -0.1) is 24.0 Å². The van der Waals surface area contributed by atoms with Crippen LogP contribution in [-0.4, -0.2) is 42.5 Å². The summed E-state index contributed by atoms with van der Waals surface area (Å²) in [7, 11) is 2.08. The molecule has 4 nitrogen and oxygen atoms in total. The van der Waals surface area contributed by atoms with Crippen LogP contribution < -0.4 is 5.32 Å². The summed E-state index contributed by atoms with van der Waals surface area (Å²) in [5.74, 6) is 1.03. The average Bonchev–Trinajstić information content (AvgIpc) is 2.94. The van der Waals surface area contributed by atoms with E-state index < -0.39 is 0 Å². The lowest BCUT2D eigenvalue weighted by Crippen LogP contribution is -2.36. The first kappa shape index (κ1) is 15.2. The number of guanidine groups is 1. The molecule has 0 amide bonds. The number of aryl methyl sites for hydroxylation is 1. The first-order valence-corrected chi connectivity index (χ1v) is 6.81. The standard InChI is InChI=1S/C15H20N4.HI/c1-11-12(13-5-3-4-6-14(13)18-11)7-8-16-15-17-9-10-19(15)2;/h3-6,18H,7-10H2,1-2H3,(H,16,17);1H. The number of likely N-dealkylation sites (N-methyl/N-ethyl adjacent to an activating group) is 1. The van der Waals surface area contributed by atoms with Gasteiger partial charge in [0.1, 0.15) is 0 Å². The van der Waals surface area contributed by atoms with Gasteiger partial charge in [-0.3, -0.25) is 4.99 Å². The van der Waals surface area contributed by atoms with Gasteiger partial charge in [-0.1, -0.05) is 18.2 Å². The highest BCUT2D eigenvalue weighted by atomic mass is 127. The first-order valence-electron chi connectivity index (χ1n) is 6.81. The lowest BCUT2D eigenvalue weighted by molar-refractivity contribution is 0.534. The van der Waals surface area contributed by atoms with Crippen LogP contribution in [0.25, 0.3) is 10.9 Å². The molecule has 1 aliphatic heterocycles. The molecule has 0 bridgehead atoms. The lowest BCUT2D eigenvalue weighted by atomic mass is 10.1. The third-order valence-corrected chi connectivity index (χ3v) is 3.74. The van der Waals surface area contributed by atoms with Gasteiger partial charge in [0.2, 0.25) is 0 Å². The van der Waals surface area contributed by atoms with Gasteiger partial charge in [-0.25, -0.2) is 0 Å². The minimum atomic E-state index is 0. The lowest BCUT2D eigenvalue weighted by Gasteiger charge is -2.15. The normalized spacial score (nSPS) is 14.3. The quantitative estimate of drug-likeness (QED) is 0.799. The van der Waals surface area contributed by atoms with Crippen molar-refractivity contribution in [2.24, 2.45) is 4.99 Å². The van der Waals surface area contributed by atoms with Crippen LogP contribution in [0.5, 0.6) is 0 Å². The van der Waals surface area contributed by atoms with Crippen molar-refractivity contribution in [3.63, 3.8) is 0 Å². The number of rotatable bonds is 3. The molecule has 2 heterocycles. The van der Waals surface area contributed by atoms with E-state index >= 15 is 0 Å². The second kappa shape index (κ2) is 6.47. The fraction of sp³-hybridized carbons (Fsp3) is 0.400. The Morgan fingerprint density at radius 2 is 2.15 bits per heavy atom. The van der Waals surface area contributed by atoms with Gasteiger partial charge in [-0.2, -0.15) is 0 Å². The Kier molecular flexibility index (Phi) is 4.91. The SMILES string of the molecule is Cc1[nH]c2ccccc2c1CCNC1=NCCN1C.I. The van der Waals surface area contributed by atoms with Crippen LogP contribution in [0.1, 0.15) is 11.3 Å². The molecular weight excluding hydrogens is 363 g/mol. The molecule has 0 aliphatic carbocycles.